The lowest BCUT2D eigenvalue weighted by Crippen LogP contribution is -2.37. The minimum absolute atomic E-state index is 0.136. The number of para-hydroxylation sites is 1. The first kappa shape index (κ1) is 37.5. The molecule has 11 aromatic rings. The molecule has 8 aromatic carbocycles. The largest absolute Gasteiger partial charge is 0.358 e. The molecule has 1 unspecified atom stereocenters. The lowest BCUT2D eigenvalue weighted by Gasteiger charge is -2.23. The minimum Gasteiger partial charge on any atom is -0.358 e. The summed E-state index contributed by atoms with van der Waals surface area (Å²) in [6.07, 6.45) is -0.396. The van der Waals surface area contributed by atoms with E-state index in [4.69, 9.17) is 19.9 Å². The summed E-state index contributed by atoms with van der Waals surface area (Å²) in [6, 6.07) is 68.7. The van der Waals surface area contributed by atoms with Crippen molar-refractivity contribution in [3.8, 4) is 51.0 Å². The molecule has 1 N–H and O–H groups in total. The van der Waals surface area contributed by atoms with E-state index in [1.165, 1.54) is 37.7 Å². The van der Waals surface area contributed by atoms with Crippen LogP contribution in [-0.2, 0) is 5.41 Å². The minimum atomic E-state index is -0.396. The van der Waals surface area contributed by atoms with E-state index in [9.17, 15) is 0 Å². The lowest BCUT2D eigenvalue weighted by atomic mass is 9.82. The predicted octanol–water partition coefficient (Wildman–Crippen LogP) is 12.6. The standard InChI is InChI=1S/C58H40N6S/c1-58(2)43-27-15-12-24-39(43)49-44(58)31-33-47-50(49)40-25-13-16-28-45(40)64(47)46-32-30-38(56-59-51(35-18-6-3-7-19-35)53-52(60-56)41-26-14-17-29-48(41)65-53)34-42(46)57-62-54(36-20-8-4-9-21-36)61-55(63-57)37-22-10-5-11-23-37/h3-34,56,59H,1-2H3. The molecule has 2 aliphatic rings. The van der Waals surface area contributed by atoms with E-state index < -0.39 is 6.17 Å². The third kappa shape index (κ3) is 5.86. The summed E-state index contributed by atoms with van der Waals surface area (Å²) in [7, 11) is 0. The third-order valence-corrected chi connectivity index (χ3v) is 14.5. The number of hydrogen-bond acceptors (Lipinski definition) is 6. The quantitative estimate of drug-likeness (QED) is 0.181. The first-order valence-electron chi connectivity index (χ1n) is 22.1. The van der Waals surface area contributed by atoms with Crippen LogP contribution >= 0.6 is 11.3 Å². The fraction of sp³-hybridized carbons (Fsp3) is 0.0690. The Labute approximate surface area is 379 Å². The molecule has 0 saturated heterocycles. The van der Waals surface area contributed by atoms with Gasteiger partial charge < -0.3 is 9.88 Å². The van der Waals surface area contributed by atoms with Crippen molar-refractivity contribution in [1.82, 2.24) is 24.8 Å². The number of benzene rings is 8. The van der Waals surface area contributed by atoms with Gasteiger partial charge in [0.2, 0.25) is 0 Å². The van der Waals surface area contributed by atoms with E-state index in [0.29, 0.717) is 17.5 Å². The number of nitrogens with one attached hydrogen (secondary N) is 1. The van der Waals surface area contributed by atoms with Gasteiger partial charge >= 0.3 is 0 Å². The van der Waals surface area contributed by atoms with Gasteiger partial charge in [-0.25, -0.2) is 15.0 Å². The summed E-state index contributed by atoms with van der Waals surface area (Å²) in [5.74, 6) is 1.80. The van der Waals surface area contributed by atoms with Crippen molar-refractivity contribution >= 4 is 48.9 Å². The van der Waals surface area contributed by atoms with Crippen molar-refractivity contribution in [3.63, 3.8) is 0 Å². The Bertz CT molecular complexity index is 3780. The molecule has 4 heterocycles. The van der Waals surface area contributed by atoms with Crippen LogP contribution in [0.1, 0.15) is 42.3 Å². The third-order valence-electron chi connectivity index (χ3n) is 13.3. The van der Waals surface area contributed by atoms with Crippen molar-refractivity contribution in [2.45, 2.75) is 25.4 Å². The molecule has 0 bridgehead atoms. The maximum atomic E-state index is 5.53. The number of fused-ring (bicyclic) bond motifs is 10. The summed E-state index contributed by atoms with van der Waals surface area (Å²) in [5.41, 5.74) is 14.3. The zero-order valence-electron chi connectivity index (χ0n) is 35.7. The number of nitrogens with zero attached hydrogens (tertiary/aromatic N) is 5. The van der Waals surface area contributed by atoms with Gasteiger partial charge in [-0.05, 0) is 63.7 Å². The predicted molar refractivity (Wildman–Crippen MR) is 265 cm³/mol. The first-order chi connectivity index (χ1) is 32.0. The Morgan fingerprint density at radius 2 is 1.14 bits per heavy atom. The zero-order chi connectivity index (χ0) is 43.2. The molecule has 0 saturated carbocycles. The van der Waals surface area contributed by atoms with Crippen LogP contribution in [0.25, 0.3) is 88.6 Å². The highest BCUT2D eigenvalue weighted by molar-refractivity contribution is 7.17. The number of aromatic nitrogens is 4. The number of rotatable bonds is 6. The zero-order valence-corrected chi connectivity index (χ0v) is 36.5. The van der Waals surface area contributed by atoms with Crippen LogP contribution < -0.4 is 15.2 Å². The monoisotopic (exact) mass is 852 g/mol. The van der Waals surface area contributed by atoms with Gasteiger partial charge in [0.25, 0.3) is 0 Å². The van der Waals surface area contributed by atoms with Crippen LogP contribution in [0.3, 0.4) is 0 Å². The van der Waals surface area contributed by atoms with Crippen LogP contribution in [0.4, 0.5) is 0 Å². The maximum absolute atomic E-state index is 5.53. The van der Waals surface area contributed by atoms with Crippen LogP contribution in [0.5, 0.6) is 0 Å². The Kier molecular flexibility index (Phi) is 8.39. The molecule has 65 heavy (non-hydrogen) atoms. The van der Waals surface area contributed by atoms with Gasteiger partial charge in [-0.15, -0.1) is 11.3 Å². The van der Waals surface area contributed by atoms with Crippen molar-refractivity contribution < 1.29 is 0 Å². The van der Waals surface area contributed by atoms with Crippen LogP contribution in [-0.4, -0.2) is 19.5 Å². The molecule has 0 amide bonds. The molecule has 0 spiro atoms. The lowest BCUT2D eigenvalue weighted by molar-refractivity contribution is 0.639. The van der Waals surface area contributed by atoms with Crippen molar-refractivity contribution in [3.05, 3.63) is 226 Å². The molecule has 3 aromatic heterocycles. The Hall–Kier alpha value is -8.00. The molecule has 7 heteroatoms. The maximum Gasteiger partial charge on any atom is 0.166 e. The SMILES string of the molecule is CC1(C)c2ccccc2-c2c1ccc1c2c2ccccc2n1-c1ccc(C2N=c3c(sc4ccccc34)=C(c3ccccc3)N2)cc1-c1nc(-c2ccccc2)nc(-c2ccccc2)n1. The van der Waals surface area contributed by atoms with E-state index in [-0.39, 0.29) is 5.41 Å². The normalized spacial score (nSPS) is 14.8. The number of hydrogen-bond donors (Lipinski definition) is 1. The Morgan fingerprint density at radius 1 is 0.523 bits per heavy atom. The highest BCUT2D eigenvalue weighted by Gasteiger charge is 2.37. The van der Waals surface area contributed by atoms with Crippen LogP contribution in [0.2, 0.25) is 0 Å². The molecule has 0 fully saturated rings. The van der Waals surface area contributed by atoms with E-state index in [1.807, 2.05) is 36.4 Å². The van der Waals surface area contributed by atoms with Gasteiger partial charge in [0.05, 0.1) is 32.3 Å². The summed E-state index contributed by atoms with van der Waals surface area (Å²) in [6.45, 7) is 4.70. The molecular formula is C58H40N6S. The molecule has 0 radical (unpaired) electrons. The highest BCUT2D eigenvalue weighted by Crippen LogP contribution is 2.53. The van der Waals surface area contributed by atoms with Crippen LogP contribution in [0.15, 0.2) is 199 Å². The van der Waals surface area contributed by atoms with Gasteiger partial charge in [-0.1, -0.05) is 178 Å². The molecule has 1 aliphatic carbocycles. The van der Waals surface area contributed by atoms with Crippen molar-refractivity contribution in [2.24, 2.45) is 4.99 Å². The average molecular weight is 853 g/mol. The second-order valence-electron chi connectivity index (χ2n) is 17.4. The highest BCUT2D eigenvalue weighted by atomic mass is 32.1. The second kappa shape index (κ2) is 14.5. The summed E-state index contributed by atoms with van der Waals surface area (Å²) in [4.78, 5) is 21.4. The van der Waals surface area contributed by atoms with Gasteiger partial charge in [0.15, 0.2) is 17.5 Å². The molecule has 6 nitrogen and oxygen atoms in total. The van der Waals surface area contributed by atoms with E-state index >= 15 is 0 Å². The molecular weight excluding hydrogens is 813 g/mol. The van der Waals surface area contributed by atoms with Crippen molar-refractivity contribution in [1.29, 1.82) is 0 Å². The first-order valence-corrected chi connectivity index (χ1v) is 22.9. The van der Waals surface area contributed by atoms with Gasteiger partial charge in [-0.2, -0.15) is 0 Å². The van der Waals surface area contributed by atoms with Gasteiger partial charge in [0.1, 0.15) is 6.17 Å². The number of thiophene rings is 1. The fourth-order valence-electron chi connectivity index (χ4n) is 10.2. The average Bonchev–Trinajstić information content (AvgIpc) is 3.99. The van der Waals surface area contributed by atoms with Crippen LogP contribution in [0, 0.1) is 0 Å². The Morgan fingerprint density at radius 3 is 1.88 bits per heavy atom. The topological polar surface area (TPSA) is 68.0 Å². The van der Waals surface area contributed by atoms with Crippen molar-refractivity contribution in [2.75, 3.05) is 0 Å². The smallest absolute Gasteiger partial charge is 0.166 e. The fourth-order valence-corrected chi connectivity index (χ4v) is 11.4. The van der Waals surface area contributed by atoms with E-state index in [2.05, 4.69) is 181 Å². The Balaban J connectivity index is 1.10. The van der Waals surface area contributed by atoms with E-state index in [1.54, 1.807) is 11.3 Å². The second-order valence-corrected chi connectivity index (χ2v) is 18.5. The van der Waals surface area contributed by atoms with Gasteiger partial charge in [0, 0.05) is 43.0 Å². The molecule has 1 aliphatic heterocycles. The molecule has 1 atom stereocenters. The molecule has 308 valence electrons. The molecule has 13 rings (SSSR count). The summed E-state index contributed by atoms with van der Waals surface area (Å²) < 4.78 is 4.78. The summed E-state index contributed by atoms with van der Waals surface area (Å²) in [5, 5.41) is 8.54. The summed E-state index contributed by atoms with van der Waals surface area (Å²) >= 11 is 1.78. The van der Waals surface area contributed by atoms with Gasteiger partial charge in [-0.3, -0.25) is 4.99 Å². The van der Waals surface area contributed by atoms with E-state index in [0.717, 1.165) is 65.5 Å².